The summed E-state index contributed by atoms with van der Waals surface area (Å²) in [5.41, 5.74) is 11.3. The lowest BCUT2D eigenvalue weighted by Gasteiger charge is -2.13. The Morgan fingerprint density at radius 1 is 1.07 bits per heavy atom. The van der Waals surface area contributed by atoms with E-state index in [0.29, 0.717) is 16.0 Å². The zero-order valence-electron chi connectivity index (χ0n) is 17.2. The maximum absolute atomic E-state index is 13.6. The predicted molar refractivity (Wildman–Crippen MR) is 123 cm³/mol. The second-order valence-corrected chi connectivity index (χ2v) is 8.48. The van der Waals surface area contributed by atoms with Crippen molar-refractivity contribution in [3.8, 4) is 22.5 Å². The summed E-state index contributed by atoms with van der Waals surface area (Å²) in [5, 5.41) is 2.59. The molecule has 0 aliphatic carbocycles. The van der Waals surface area contributed by atoms with Crippen LogP contribution < -0.4 is 11.3 Å². The first-order valence-electron chi connectivity index (χ1n) is 9.80. The van der Waals surface area contributed by atoms with Gasteiger partial charge >= 0.3 is 0 Å². The van der Waals surface area contributed by atoms with Crippen molar-refractivity contribution in [3.63, 3.8) is 0 Å². The maximum Gasteiger partial charge on any atom is 0.263 e. The lowest BCUT2D eigenvalue weighted by Crippen LogP contribution is -2.26. The molecular weight excluding hydrogens is 394 g/mol. The van der Waals surface area contributed by atoms with Gasteiger partial charge in [0.25, 0.3) is 5.56 Å². The SMILES string of the molecule is Cc1cccc(-c2nc3scc(-c4ccc(C)cc4C)c3c(=O)n2CCC(N)=O)c1. The summed E-state index contributed by atoms with van der Waals surface area (Å²) < 4.78 is 1.58. The van der Waals surface area contributed by atoms with Gasteiger partial charge in [-0.3, -0.25) is 14.2 Å². The van der Waals surface area contributed by atoms with Crippen molar-refractivity contribution >= 4 is 27.5 Å². The minimum Gasteiger partial charge on any atom is -0.370 e. The fourth-order valence-corrected chi connectivity index (χ4v) is 4.70. The number of nitrogens with zero attached hydrogens (tertiary/aromatic N) is 2. The summed E-state index contributed by atoms with van der Waals surface area (Å²) >= 11 is 1.47. The highest BCUT2D eigenvalue weighted by Crippen LogP contribution is 2.34. The standard InChI is InChI=1S/C24H23N3O2S/c1-14-5-4-6-17(12-14)22-26-23-21(24(29)27(22)10-9-20(25)28)19(13-30-23)18-8-7-15(2)11-16(18)3/h4-8,11-13H,9-10H2,1-3H3,(H2,25,28). The summed E-state index contributed by atoms with van der Waals surface area (Å²) in [5.74, 6) is 0.114. The molecule has 4 aromatic rings. The van der Waals surface area contributed by atoms with Crippen LogP contribution in [0.25, 0.3) is 32.7 Å². The van der Waals surface area contributed by atoms with E-state index in [9.17, 15) is 9.59 Å². The van der Waals surface area contributed by atoms with E-state index in [1.165, 1.54) is 16.9 Å². The van der Waals surface area contributed by atoms with Crippen LogP contribution in [-0.4, -0.2) is 15.5 Å². The third-order valence-electron chi connectivity index (χ3n) is 5.22. The van der Waals surface area contributed by atoms with Gasteiger partial charge in [-0.15, -0.1) is 11.3 Å². The van der Waals surface area contributed by atoms with Crippen LogP contribution >= 0.6 is 11.3 Å². The predicted octanol–water partition coefficient (Wildman–Crippen LogP) is 4.59. The van der Waals surface area contributed by atoms with Crippen LogP contribution in [-0.2, 0) is 11.3 Å². The average molecular weight is 418 g/mol. The van der Waals surface area contributed by atoms with Gasteiger partial charge in [-0.25, -0.2) is 4.98 Å². The largest absolute Gasteiger partial charge is 0.370 e. The zero-order valence-corrected chi connectivity index (χ0v) is 18.0. The molecule has 2 aromatic carbocycles. The van der Waals surface area contributed by atoms with Gasteiger partial charge < -0.3 is 5.73 Å². The zero-order chi connectivity index (χ0) is 21.4. The Balaban J connectivity index is 1.99. The van der Waals surface area contributed by atoms with E-state index in [0.717, 1.165) is 27.8 Å². The molecule has 0 aliphatic rings. The molecular formula is C24H23N3O2S. The van der Waals surface area contributed by atoms with Crippen LogP contribution in [0.4, 0.5) is 0 Å². The number of fused-ring (bicyclic) bond motifs is 1. The van der Waals surface area contributed by atoms with E-state index in [2.05, 4.69) is 13.0 Å². The molecule has 6 heteroatoms. The molecule has 2 N–H and O–H groups in total. The van der Waals surface area contributed by atoms with Crippen LogP contribution in [0.3, 0.4) is 0 Å². The topological polar surface area (TPSA) is 78.0 Å². The molecule has 5 nitrogen and oxygen atoms in total. The molecule has 4 rings (SSSR count). The number of thiophene rings is 1. The number of amides is 1. The molecule has 0 aliphatic heterocycles. The first kappa shape index (κ1) is 20.0. The minimum absolute atomic E-state index is 0.0783. The second kappa shape index (κ2) is 7.88. The van der Waals surface area contributed by atoms with Crippen molar-refractivity contribution in [1.82, 2.24) is 9.55 Å². The summed E-state index contributed by atoms with van der Waals surface area (Å²) in [6, 6.07) is 14.1. The third-order valence-corrected chi connectivity index (χ3v) is 6.10. The van der Waals surface area contributed by atoms with Gasteiger partial charge in [-0.05, 0) is 38.0 Å². The third kappa shape index (κ3) is 3.66. The van der Waals surface area contributed by atoms with Crippen LogP contribution in [0.1, 0.15) is 23.1 Å². The number of carbonyl (C=O) groups excluding carboxylic acids is 1. The van der Waals surface area contributed by atoms with Gasteiger partial charge in [-0.1, -0.05) is 47.5 Å². The van der Waals surface area contributed by atoms with Crippen molar-refractivity contribution in [2.75, 3.05) is 0 Å². The lowest BCUT2D eigenvalue weighted by atomic mass is 9.99. The molecule has 152 valence electrons. The van der Waals surface area contributed by atoms with Gasteiger partial charge in [0.1, 0.15) is 10.7 Å². The number of nitrogens with two attached hydrogens (primary N) is 1. The number of benzene rings is 2. The molecule has 0 radical (unpaired) electrons. The van der Waals surface area contributed by atoms with Gasteiger partial charge in [-0.2, -0.15) is 0 Å². The number of hydrogen-bond acceptors (Lipinski definition) is 4. The number of aryl methyl sites for hydroxylation is 3. The summed E-state index contributed by atoms with van der Waals surface area (Å²) in [6.45, 7) is 6.29. The summed E-state index contributed by atoms with van der Waals surface area (Å²) in [4.78, 5) is 30.6. The normalized spacial score (nSPS) is 11.2. The molecule has 0 saturated heterocycles. The van der Waals surface area contributed by atoms with Crippen molar-refractivity contribution < 1.29 is 4.79 Å². The van der Waals surface area contributed by atoms with E-state index in [1.807, 2.05) is 55.6 Å². The maximum atomic E-state index is 13.6. The summed E-state index contributed by atoms with van der Waals surface area (Å²) in [6.07, 6.45) is 0.0783. The van der Waals surface area contributed by atoms with Crippen LogP contribution in [0, 0.1) is 20.8 Å². The quantitative estimate of drug-likeness (QED) is 0.516. The Hall–Kier alpha value is -3.25. The van der Waals surface area contributed by atoms with E-state index < -0.39 is 5.91 Å². The molecule has 2 aromatic heterocycles. The smallest absolute Gasteiger partial charge is 0.263 e. The number of primary amides is 1. The summed E-state index contributed by atoms with van der Waals surface area (Å²) in [7, 11) is 0. The average Bonchev–Trinajstić information content (AvgIpc) is 3.11. The van der Waals surface area contributed by atoms with Crippen molar-refractivity contribution in [3.05, 3.63) is 74.9 Å². The molecule has 0 unspecified atom stereocenters. The number of rotatable bonds is 5. The first-order chi connectivity index (χ1) is 14.3. The number of carbonyl (C=O) groups is 1. The highest BCUT2D eigenvalue weighted by Gasteiger charge is 2.19. The van der Waals surface area contributed by atoms with E-state index in [4.69, 9.17) is 10.7 Å². The number of hydrogen-bond donors (Lipinski definition) is 1. The second-order valence-electron chi connectivity index (χ2n) is 7.63. The Morgan fingerprint density at radius 2 is 1.83 bits per heavy atom. The molecule has 0 atom stereocenters. The van der Waals surface area contributed by atoms with E-state index >= 15 is 0 Å². The Bertz CT molecular complexity index is 1330. The van der Waals surface area contributed by atoms with Gasteiger partial charge in [0, 0.05) is 29.5 Å². The molecule has 2 heterocycles. The number of aromatic nitrogens is 2. The fraction of sp³-hybridized carbons (Fsp3) is 0.208. The van der Waals surface area contributed by atoms with E-state index in [1.54, 1.807) is 4.57 Å². The minimum atomic E-state index is -0.447. The van der Waals surface area contributed by atoms with Crippen LogP contribution in [0.2, 0.25) is 0 Å². The Labute approximate surface area is 178 Å². The molecule has 0 spiro atoms. The lowest BCUT2D eigenvalue weighted by molar-refractivity contribution is -0.118. The first-order valence-corrected chi connectivity index (χ1v) is 10.7. The molecule has 0 saturated carbocycles. The van der Waals surface area contributed by atoms with Gasteiger partial charge in [0.15, 0.2) is 0 Å². The molecule has 30 heavy (non-hydrogen) atoms. The monoisotopic (exact) mass is 417 g/mol. The highest BCUT2D eigenvalue weighted by molar-refractivity contribution is 7.17. The Morgan fingerprint density at radius 3 is 2.53 bits per heavy atom. The molecule has 1 amide bonds. The van der Waals surface area contributed by atoms with E-state index in [-0.39, 0.29) is 18.5 Å². The van der Waals surface area contributed by atoms with Crippen LogP contribution in [0.5, 0.6) is 0 Å². The van der Waals surface area contributed by atoms with Crippen molar-refractivity contribution in [2.24, 2.45) is 5.73 Å². The fourth-order valence-electron chi connectivity index (χ4n) is 3.77. The Kier molecular flexibility index (Phi) is 5.26. The van der Waals surface area contributed by atoms with Gasteiger partial charge in [0.2, 0.25) is 5.91 Å². The molecule has 0 fully saturated rings. The van der Waals surface area contributed by atoms with Crippen LogP contribution in [0.15, 0.2) is 52.6 Å². The van der Waals surface area contributed by atoms with Gasteiger partial charge in [0.05, 0.1) is 5.39 Å². The van der Waals surface area contributed by atoms with Crippen molar-refractivity contribution in [2.45, 2.75) is 33.7 Å². The highest BCUT2D eigenvalue weighted by atomic mass is 32.1. The van der Waals surface area contributed by atoms with Crippen molar-refractivity contribution in [1.29, 1.82) is 0 Å². The molecule has 0 bridgehead atoms.